The summed E-state index contributed by atoms with van der Waals surface area (Å²) < 4.78 is 4.34. The zero-order valence-corrected chi connectivity index (χ0v) is 15.2. The number of aryl methyl sites for hydroxylation is 2. The van der Waals surface area contributed by atoms with Crippen LogP contribution in [0.15, 0.2) is 18.7 Å². The lowest BCUT2D eigenvalue weighted by Gasteiger charge is -2.02. The second kappa shape index (κ2) is 14.3. The van der Waals surface area contributed by atoms with E-state index in [0.717, 1.165) is 13.1 Å². The Morgan fingerprint density at radius 3 is 2.00 bits per heavy atom. The van der Waals surface area contributed by atoms with Gasteiger partial charge in [-0.05, 0) is 12.8 Å². The molecule has 3 nitrogen and oxygen atoms in total. The molecule has 0 saturated carbocycles. The van der Waals surface area contributed by atoms with Crippen molar-refractivity contribution >= 4 is 0 Å². The molecule has 1 heterocycles. The van der Waals surface area contributed by atoms with Crippen molar-refractivity contribution in [2.45, 2.75) is 103 Å². The van der Waals surface area contributed by atoms with E-state index in [0.29, 0.717) is 6.42 Å². The number of aromatic nitrogens is 2. The first-order chi connectivity index (χ1) is 11.4. The summed E-state index contributed by atoms with van der Waals surface area (Å²) in [4.78, 5) is 0. The molecule has 0 N–H and O–H groups in total. The second-order valence-corrected chi connectivity index (χ2v) is 6.69. The Morgan fingerprint density at radius 2 is 1.43 bits per heavy atom. The van der Waals surface area contributed by atoms with Crippen LogP contribution in [-0.2, 0) is 13.1 Å². The van der Waals surface area contributed by atoms with Gasteiger partial charge in [0, 0.05) is 0 Å². The van der Waals surface area contributed by atoms with Crippen LogP contribution in [0.25, 0.3) is 0 Å². The number of imidazole rings is 1. The van der Waals surface area contributed by atoms with Crippen LogP contribution >= 0.6 is 0 Å². The van der Waals surface area contributed by atoms with Crippen LogP contribution in [0.2, 0.25) is 0 Å². The molecule has 0 saturated heterocycles. The fourth-order valence-corrected chi connectivity index (χ4v) is 3.02. The fraction of sp³-hybridized carbons (Fsp3) is 0.800. The zero-order valence-electron chi connectivity index (χ0n) is 15.2. The van der Waals surface area contributed by atoms with Crippen molar-refractivity contribution in [3.63, 3.8) is 0 Å². The topological polar surface area (TPSA) is 32.6 Å². The van der Waals surface area contributed by atoms with Crippen LogP contribution < -0.4 is 4.57 Å². The molecular weight excluding hydrogens is 282 g/mol. The normalized spacial score (nSPS) is 10.8. The van der Waals surface area contributed by atoms with Gasteiger partial charge in [0.15, 0.2) is 0 Å². The average molecular weight is 319 g/mol. The lowest BCUT2D eigenvalue weighted by Crippen LogP contribution is -2.30. The molecule has 1 aromatic heterocycles. The van der Waals surface area contributed by atoms with Gasteiger partial charge in [-0.15, -0.1) is 0 Å². The summed E-state index contributed by atoms with van der Waals surface area (Å²) in [6, 6.07) is 2.19. The van der Waals surface area contributed by atoms with E-state index in [9.17, 15) is 0 Å². The number of nitrogens with zero attached hydrogens (tertiary/aromatic N) is 3. The van der Waals surface area contributed by atoms with Gasteiger partial charge in [0.25, 0.3) is 0 Å². The van der Waals surface area contributed by atoms with Gasteiger partial charge >= 0.3 is 0 Å². The number of unbranched alkanes of at least 4 members (excludes halogenated alkanes) is 11. The van der Waals surface area contributed by atoms with Crippen LogP contribution in [0.5, 0.6) is 0 Å². The highest BCUT2D eigenvalue weighted by atomic mass is 15.1. The highest BCUT2D eigenvalue weighted by Crippen LogP contribution is 2.12. The van der Waals surface area contributed by atoms with E-state index in [-0.39, 0.29) is 0 Å². The van der Waals surface area contributed by atoms with Gasteiger partial charge in [0.2, 0.25) is 6.33 Å². The van der Waals surface area contributed by atoms with E-state index in [1.54, 1.807) is 0 Å². The van der Waals surface area contributed by atoms with Crippen molar-refractivity contribution in [2.75, 3.05) is 0 Å². The number of rotatable bonds is 15. The average Bonchev–Trinajstić information content (AvgIpc) is 3.02. The van der Waals surface area contributed by atoms with E-state index in [2.05, 4.69) is 40.8 Å². The summed E-state index contributed by atoms with van der Waals surface area (Å²) in [5, 5.41) is 8.59. The van der Waals surface area contributed by atoms with Crippen molar-refractivity contribution < 1.29 is 4.57 Å². The molecule has 0 amide bonds. The summed E-state index contributed by atoms with van der Waals surface area (Å²) in [7, 11) is 0. The molecular formula is C20H36N3+. The Labute approximate surface area is 143 Å². The van der Waals surface area contributed by atoms with Crippen molar-refractivity contribution in [1.82, 2.24) is 4.57 Å². The minimum atomic E-state index is 0.591. The monoisotopic (exact) mass is 318 g/mol. The lowest BCUT2D eigenvalue weighted by molar-refractivity contribution is -0.695. The minimum absolute atomic E-state index is 0.591. The molecule has 0 aliphatic rings. The van der Waals surface area contributed by atoms with Gasteiger partial charge in [0.05, 0.1) is 19.0 Å². The summed E-state index contributed by atoms with van der Waals surface area (Å²) in [6.45, 7) is 4.20. The van der Waals surface area contributed by atoms with Crippen molar-refractivity contribution in [3.05, 3.63) is 18.7 Å². The molecule has 1 aromatic rings. The Bertz CT molecular complexity index is 417. The maximum atomic E-state index is 8.59. The first-order valence-electron chi connectivity index (χ1n) is 9.78. The van der Waals surface area contributed by atoms with E-state index in [1.165, 1.54) is 77.0 Å². The number of hydrogen-bond donors (Lipinski definition) is 0. The summed E-state index contributed by atoms with van der Waals surface area (Å²) in [6.07, 6.45) is 23.7. The van der Waals surface area contributed by atoms with E-state index in [1.807, 2.05) is 0 Å². The van der Waals surface area contributed by atoms with Crippen molar-refractivity contribution in [2.24, 2.45) is 0 Å². The third-order valence-electron chi connectivity index (χ3n) is 4.50. The van der Waals surface area contributed by atoms with Gasteiger partial charge in [-0.3, -0.25) is 0 Å². The second-order valence-electron chi connectivity index (χ2n) is 6.69. The van der Waals surface area contributed by atoms with E-state index < -0.39 is 0 Å². The largest absolute Gasteiger partial charge is 0.243 e. The molecule has 0 unspecified atom stereocenters. The summed E-state index contributed by atoms with van der Waals surface area (Å²) >= 11 is 0. The van der Waals surface area contributed by atoms with Crippen LogP contribution in [-0.4, -0.2) is 4.57 Å². The zero-order chi connectivity index (χ0) is 16.6. The van der Waals surface area contributed by atoms with Crippen molar-refractivity contribution in [1.29, 1.82) is 5.26 Å². The molecule has 0 spiro atoms. The van der Waals surface area contributed by atoms with Gasteiger partial charge in [-0.2, -0.15) is 5.26 Å². The SMILES string of the molecule is CCCCCCCCCCCCCCn1cc[n+](CCC#N)c1. The number of hydrogen-bond acceptors (Lipinski definition) is 1. The predicted molar refractivity (Wildman–Crippen MR) is 95.9 cm³/mol. The predicted octanol–water partition coefficient (Wildman–Crippen LogP) is 5.39. The summed E-state index contributed by atoms with van der Waals surface area (Å²) in [5.74, 6) is 0. The molecule has 3 heteroatoms. The molecule has 130 valence electrons. The molecule has 0 fully saturated rings. The molecule has 0 atom stereocenters. The molecule has 0 radical (unpaired) electrons. The summed E-state index contributed by atoms with van der Waals surface area (Å²) in [5.41, 5.74) is 0. The first-order valence-corrected chi connectivity index (χ1v) is 9.78. The Balaban J connectivity index is 1.86. The van der Waals surface area contributed by atoms with Crippen molar-refractivity contribution in [3.8, 4) is 6.07 Å². The third-order valence-corrected chi connectivity index (χ3v) is 4.50. The molecule has 0 bridgehead atoms. The molecule has 0 aromatic carbocycles. The minimum Gasteiger partial charge on any atom is -0.237 e. The van der Waals surface area contributed by atoms with Gasteiger partial charge in [0.1, 0.15) is 18.9 Å². The van der Waals surface area contributed by atoms with Crippen LogP contribution in [0.1, 0.15) is 90.4 Å². The van der Waals surface area contributed by atoms with Gasteiger partial charge in [-0.25, -0.2) is 9.13 Å². The number of nitriles is 1. The Kier molecular flexibility index (Phi) is 12.3. The Hall–Kier alpha value is -1.30. The van der Waals surface area contributed by atoms with E-state index in [4.69, 9.17) is 5.26 Å². The van der Waals surface area contributed by atoms with Crippen LogP contribution in [0.3, 0.4) is 0 Å². The van der Waals surface area contributed by atoms with Gasteiger partial charge in [-0.1, -0.05) is 71.1 Å². The molecule has 23 heavy (non-hydrogen) atoms. The van der Waals surface area contributed by atoms with Crippen LogP contribution in [0, 0.1) is 11.3 Å². The smallest absolute Gasteiger partial charge is 0.237 e. The lowest BCUT2D eigenvalue weighted by atomic mass is 10.1. The molecule has 0 aliphatic carbocycles. The first kappa shape index (κ1) is 19.7. The van der Waals surface area contributed by atoms with Gasteiger partial charge < -0.3 is 0 Å². The maximum Gasteiger partial charge on any atom is 0.243 e. The quantitative estimate of drug-likeness (QED) is 0.315. The highest BCUT2D eigenvalue weighted by Gasteiger charge is 2.02. The third kappa shape index (κ3) is 11.0. The maximum absolute atomic E-state index is 8.59. The molecule has 0 aliphatic heterocycles. The standard InChI is InChI=1S/C20H36N3/c1-2-3-4-5-6-7-8-9-10-11-12-13-16-22-18-19-23(20-22)17-14-15-21/h18-20H,2-14,16-17H2,1H3/q+1. The highest BCUT2D eigenvalue weighted by molar-refractivity contribution is 4.68. The van der Waals surface area contributed by atoms with E-state index >= 15 is 0 Å². The Morgan fingerprint density at radius 1 is 0.870 bits per heavy atom. The molecule has 1 rings (SSSR count). The fourth-order valence-electron chi connectivity index (χ4n) is 3.02. The van der Waals surface area contributed by atoms with Crippen LogP contribution in [0.4, 0.5) is 0 Å².